The third-order valence-electron chi connectivity index (χ3n) is 10.3. The molecule has 0 radical (unpaired) electrons. The molecular formula is C46H31N3O. The molecule has 0 fully saturated rings. The molecule has 0 aliphatic heterocycles. The summed E-state index contributed by atoms with van der Waals surface area (Å²) in [7, 11) is 0. The van der Waals surface area contributed by atoms with Crippen LogP contribution in [0.2, 0.25) is 0 Å². The first-order valence-corrected chi connectivity index (χ1v) is 17.0. The molecule has 1 aliphatic rings. The average molecular weight is 642 g/mol. The van der Waals surface area contributed by atoms with E-state index in [0.29, 0.717) is 17.5 Å². The van der Waals surface area contributed by atoms with Gasteiger partial charge in [0, 0.05) is 38.3 Å². The maximum Gasteiger partial charge on any atom is 0.164 e. The van der Waals surface area contributed by atoms with Gasteiger partial charge in [-0.2, -0.15) is 0 Å². The number of furan rings is 1. The van der Waals surface area contributed by atoms with Crippen LogP contribution in [0.1, 0.15) is 25.0 Å². The summed E-state index contributed by atoms with van der Waals surface area (Å²) >= 11 is 0. The second-order valence-corrected chi connectivity index (χ2v) is 13.6. The Morgan fingerprint density at radius 3 is 1.86 bits per heavy atom. The van der Waals surface area contributed by atoms with Gasteiger partial charge in [-0.05, 0) is 57.0 Å². The molecule has 10 rings (SSSR count). The lowest BCUT2D eigenvalue weighted by atomic mass is 9.82. The van der Waals surface area contributed by atoms with Crippen LogP contribution in [0.5, 0.6) is 0 Å². The van der Waals surface area contributed by atoms with Gasteiger partial charge in [-0.25, -0.2) is 15.0 Å². The van der Waals surface area contributed by atoms with Gasteiger partial charge < -0.3 is 4.42 Å². The zero-order chi connectivity index (χ0) is 33.4. The van der Waals surface area contributed by atoms with Gasteiger partial charge in [-0.3, -0.25) is 0 Å². The second-order valence-electron chi connectivity index (χ2n) is 13.6. The molecule has 1 aliphatic carbocycles. The van der Waals surface area contributed by atoms with Gasteiger partial charge in [0.15, 0.2) is 17.5 Å². The first kappa shape index (κ1) is 28.6. The third-order valence-corrected chi connectivity index (χ3v) is 10.3. The zero-order valence-electron chi connectivity index (χ0n) is 27.7. The molecule has 2 heterocycles. The fourth-order valence-electron chi connectivity index (χ4n) is 7.87. The Morgan fingerprint density at radius 1 is 0.420 bits per heavy atom. The van der Waals surface area contributed by atoms with Gasteiger partial charge in [-0.1, -0.05) is 147 Å². The Kier molecular flexibility index (Phi) is 6.19. The van der Waals surface area contributed by atoms with E-state index in [0.717, 1.165) is 60.5 Å². The maximum atomic E-state index is 6.58. The normalized spacial score (nSPS) is 13.2. The van der Waals surface area contributed by atoms with E-state index < -0.39 is 0 Å². The molecule has 9 aromatic rings. The molecule has 4 heteroatoms. The summed E-state index contributed by atoms with van der Waals surface area (Å²) in [6.45, 7) is 4.60. The summed E-state index contributed by atoms with van der Waals surface area (Å²) in [6, 6.07) is 53.0. The lowest BCUT2D eigenvalue weighted by Crippen LogP contribution is -2.14. The Balaban J connectivity index is 1.28. The van der Waals surface area contributed by atoms with Gasteiger partial charge in [0.05, 0.1) is 0 Å². The van der Waals surface area contributed by atoms with Crippen LogP contribution in [0.3, 0.4) is 0 Å². The highest BCUT2D eigenvalue weighted by Crippen LogP contribution is 2.52. The fraction of sp³-hybridized carbons (Fsp3) is 0.0652. The molecular weight excluding hydrogens is 611 g/mol. The molecule has 0 N–H and O–H groups in total. The van der Waals surface area contributed by atoms with Crippen LogP contribution in [0.25, 0.3) is 89.1 Å². The highest BCUT2D eigenvalue weighted by Gasteiger charge is 2.37. The predicted octanol–water partition coefficient (Wildman–Crippen LogP) is 11.9. The van der Waals surface area contributed by atoms with Crippen LogP contribution in [0.4, 0.5) is 0 Å². The van der Waals surface area contributed by atoms with E-state index in [1.54, 1.807) is 0 Å². The number of fused-ring (bicyclic) bond motifs is 8. The van der Waals surface area contributed by atoms with Crippen molar-refractivity contribution in [1.29, 1.82) is 0 Å². The lowest BCUT2D eigenvalue weighted by molar-refractivity contribution is 0.660. The number of para-hydroxylation sites is 1. The van der Waals surface area contributed by atoms with E-state index in [1.807, 2.05) is 36.4 Å². The number of benzene rings is 7. The van der Waals surface area contributed by atoms with E-state index >= 15 is 0 Å². The van der Waals surface area contributed by atoms with E-state index in [1.165, 1.54) is 22.3 Å². The summed E-state index contributed by atoms with van der Waals surface area (Å²) in [4.78, 5) is 15.8. The lowest BCUT2D eigenvalue weighted by Gasteiger charge is -2.21. The fourth-order valence-corrected chi connectivity index (χ4v) is 7.87. The molecule has 50 heavy (non-hydrogen) atoms. The average Bonchev–Trinajstić information content (AvgIpc) is 3.67. The van der Waals surface area contributed by atoms with Crippen LogP contribution >= 0.6 is 0 Å². The van der Waals surface area contributed by atoms with Gasteiger partial charge in [-0.15, -0.1) is 0 Å². The Bertz CT molecular complexity index is 2780. The maximum absolute atomic E-state index is 6.58. The number of hydrogen-bond acceptors (Lipinski definition) is 4. The Hall–Kier alpha value is -6.39. The van der Waals surface area contributed by atoms with E-state index in [-0.39, 0.29) is 5.41 Å². The summed E-state index contributed by atoms with van der Waals surface area (Å²) < 4.78 is 6.58. The van der Waals surface area contributed by atoms with Crippen LogP contribution in [-0.2, 0) is 5.41 Å². The number of aromatic nitrogens is 3. The monoisotopic (exact) mass is 641 g/mol. The van der Waals surface area contributed by atoms with Gasteiger partial charge >= 0.3 is 0 Å². The van der Waals surface area contributed by atoms with Crippen LogP contribution in [0.15, 0.2) is 156 Å². The molecule has 236 valence electrons. The molecule has 0 spiro atoms. The molecule has 0 unspecified atom stereocenters. The minimum absolute atomic E-state index is 0.139. The van der Waals surface area contributed by atoms with Gasteiger partial charge in [0.1, 0.15) is 11.2 Å². The van der Waals surface area contributed by atoms with Crippen molar-refractivity contribution in [3.8, 4) is 56.4 Å². The number of nitrogens with zero attached hydrogens (tertiary/aromatic N) is 3. The molecule has 0 atom stereocenters. The van der Waals surface area contributed by atoms with E-state index in [2.05, 4.69) is 129 Å². The van der Waals surface area contributed by atoms with E-state index in [4.69, 9.17) is 19.4 Å². The Labute approximate surface area is 289 Å². The van der Waals surface area contributed by atoms with Crippen molar-refractivity contribution in [3.05, 3.63) is 163 Å². The Morgan fingerprint density at radius 2 is 1.04 bits per heavy atom. The van der Waals surface area contributed by atoms with Crippen LogP contribution in [-0.4, -0.2) is 15.0 Å². The van der Waals surface area contributed by atoms with Crippen molar-refractivity contribution in [2.24, 2.45) is 0 Å². The van der Waals surface area contributed by atoms with Crippen molar-refractivity contribution >= 4 is 32.7 Å². The first-order valence-electron chi connectivity index (χ1n) is 17.0. The van der Waals surface area contributed by atoms with Crippen LogP contribution < -0.4 is 0 Å². The minimum Gasteiger partial charge on any atom is -0.455 e. The standard InChI is InChI=1S/C46H31N3O/c1-46(2)38-21-11-9-19-33(38)41-34(20-13-22-39(41)46)44-47-43(29-16-7-4-8-17-29)48-45(49-44)37-27-36-32-18-10-12-23-40(32)50-42(36)35-26-30(24-25-31(35)37)28-14-5-3-6-15-28/h3-27H,1-2H3. The summed E-state index contributed by atoms with van der Waals surface area (Å²) in [5.74, 6) is 1.92. The molecule has 2 aromatic heterocycles. The van der Waals surface area contributed by atoms with Crippen molar-refractivity contribution in [2.45, 2.75) is 19.3 Å². The molecule has 0 bridgehead atoms. The third kappa shape index (κ3) is 4.28. The van der Waals surface area contributed by atoms with Crippen molar-refractivity contribution < 1.29 is 4.42 Å². The van der Waals surface area contributed by atoms with Crippen LogP contribution in [0, 0.1) is 0 Å². The number of rotatable bonds is 4. The summed E-state index contributed by atoms with van der Waals surface area (Å²) in [6.07, 6.45) is 0. The molecule has 0 amide bonds. The summed E-state index contributed by atoms with van der Waals surface area (Å²) in [5.41, 5.74) is 11.8. The van der Waals surface area contributed by atoms with Gasteiger partial charge in [0.25, 0.3) is 0 Å². The molecule has 4 nitrogen and oxygen atoms in total. The zero-order valence-corrected chi connectivity index (χ0v) is 27.7. The highest BCUT2D eigenvalue weighted by atomic mass is 16.3. The minimum atomic E-state index is -0.139. The largest absolute Gasteiger partial charge is 0.455 e. The quantitative estimate of drug-likeness (QED) is 0.192. The SMILES string of the molecule is CC1(C)c2ccccc2-c2c(-c3nc(-c4ccccc4)nc(-c4cc5c6ccccc6oc5c5cc(-c6ccccc6)ccc45)n3)cccc21. The van der Waals surface area contributed by atoms with Crippen molar-refractivity contribution in [2.75, 3.05) is 0 Å². The molecule has 7 aromatic carbocycles. The first-order chi connectivity index (χ1) is 24.5. The van der Waals surface area contributed by atoms with Crippen molar-refractivity contribution in [3.63, 3.8) is 0 Å². The van der Waals surface area contributed by atoms with E-state index in [9.17, 15) is 0 Å². The topological polar surface area (TPSA) is 51.8 Å². The summed E-state index contributed by atoms with van der Waals surface area (Å²) in [5, 5.41) is 4.15. The highest BCUT2D eigenvalue weighted by molar-refractivity contribution is 6.19. The predicted molar refractivity (Wildman–Crippen MR) is 204 cm³/mol. The number of hydrogen-bond donors (Lipinski definition) is 0. The van der Waals surface area contributed by atoms with Crippen molar-refractivity contribution in [1.82, 2.24) is 15.0 Å². The van der Waals surface area contributed by atoms with Gasteiger partial charge in [0.2, 0.25) is 0 Å². The molecule has 0 saturated carbocycles. The second kappa shape index (κ2) is 10.8. The molecule has 0 saturated heterocycles. The smallest absolute Gasteiger partial charge is 0.164 e.